The number of furan rings is 1. The van der Waals surface area contributed by atoms with E-state index in [9.17, 15) is 14.4 Å². The zero-order chi connectivity index (χ0) is 21.4. The van der Waals surface area contributed by atoms with E-state index in [0.717, 1.165) is 22.5 Å². The van der Waals surface area contributed by atoms with Crippen LogP contribution in [-0.4, -0.2) is 46.2 Å². The zero-order valence-electron chi connectivity index (χ0n) is 16.5. The van der Waals surface area contributed by atoms with Crippen molar-refractivity contribution in [1.82, 2.24) is 15.1 Å². The Bertz CT molecular complexity index is 1140. The molecule has 10 heteroatoms. The molecule has 10 nitrogen and oxygen atoms in total. The first kappa shape index (κ1) is 18.9. The summed E-state index contributed by atoms with van der Waals surface area (Å²) in [4.78, 5) is 39.8. The summed E-state index contributed by atoms with van der Waals surface area (Å²) in [5, 5.41) is 9.88. The number of carbonyl (C=O) groups excluding carboxylic acids is 3. The van der Waals surface area contributed by atoms with Crippen LogP contribution in [0.3, 0.4) is 0 Å². The number of hydrogen-bond acceptors (Lipinski definition) is 6. The van der Waals surface area contributed by atoms with Gasteiger partial charge >= 0.3 is 6.09 Å². The second kappa shape index (κ2) is 7.63. The van der Waals surface area contributed by atoms with Gasteiger partial charge in [-0.15, -0.1) is 0 Å². The molecule has 0 unspecified atom stereocenters. The maximum Gasteiger partial charge on any atom is 0.414 e. The second-order valence-corrected chi connectivity index (χ2v) is 7.33. The first-order valence-corrected chi connectivity index (χ1v) is 9.80. The summed E-state index contributed by atoms with van der Waals surface area (Å²) in [6.07, 6.45) is 1.25. The first-order chi connectivity index (χ1) is 15.1. The van der Waals surface area contributed by atoms with Crippen molar-refractivity contribution in [3.63, 3.8) is 0 Å². The number of hydrogen-bond donors (Lipinski definition) is 2. The predicted molar refractivity (Wildman–Crippen MR) is 108 cm³/mol. The average Bonchev–Trinajstić information content (AvgIpc) is 3.54. The molecule has 158 valence electrons. The van der Waals surface area contributed by atoms with Crippen molar-refractivity contribution < 1.29 is 23.5 Å². The number of amides is 3. The van der Waals surface area contributed by atoms with Crippen LogP contribution in [0.2, 0.25) is 0 Å². The van der Waals surface area contributed by atoms with Gasteiger partial charge in [-0.1, -0.05) is 12.1 Å². The van der Waals surface area contributed by atoms with Crippen molar-refractivity contribution in [3.8, 4) is 0 Å². The molecular formula is C21H19N5O5. The molecule has 3 amide bonds. The van der Waals surface area contributed by atoms with Crippen molar-refractivity contribution in [2.24, 2.45) is 0 Å². The molecule has 31 heavy (non-hydrogen) atoms. The normalized spacial score (nSPS) is 15.2. The van der Waals surface area contributed by atoms with Gasteiger partial charge in [-0.05, 0) is 29.8 Å². The summed E-state index contributed by atoms with van der Waals surface area (Å²) in [5.41, 5.74) is 3.11. The van der Waals surface area contributed by atoms with E-state index in [0.29, 0.717) is 32.1 Å². The minimum absolute atomic E-state index is 0.154. The number of aromatic nitrogens is 2. The molecule has 2 aliphatic heterocycles. The Labute approximate surface area is 176 Å². The standard InChI is InChI=1S/C21H19N5O5/c27-18(10-13-3-5-14(6-4-13)26-7-9-31-21(26)29)22-19-15-11-25(12-16(15)23-24-19)20(28)17-2-1-8-30-17/h1-6,8H,7,9-12H2,(H2,22,23,24,27). The molecule has 1 fully saturated rings. The molecular weight excluding hydrogens is 402 g/mol. The van der Waals surface area contributed by atoms with Gasteiger partial charge in [-0.2, -0.15) is 5.10 Å². The molecule has 2 aliphatic rings. The highest BCUT2D eigenvalue weighted by atomic mass is 16.6. The molecule has 2 aromatic heterocycles. The van der Waals surface area contributed by atoms with Gasteiger partial charge in [0.25, 0.3) is 5.91 Å². The van der Waals surface area contributed by atoms with Crippen LogP contribution in [0, 0.1) is 0 Å². The Morgan fingerprint density at radius 2 is 2.00 bits per heavy atom. The fourth-order valence-corrected chi connectivity index (χ4v) is 3.73. The van der Waals surface area contributed by atoms with Crippen molar-refractivity contribution >= 4 is 29.4 Å². The number of benzene rings is 1. The Balaban J connectivity index is 1.21. The Kier molecular flexibility index (Phi) is 4.66. The number of H-pyrrole nitrogens is 1. The summed E-state index contributed by atoms with van der Waals surface area (Å²) in [6.45, 7) is 1.60. The molecule has 0 radical (unpaired) electrons. The third-order valence-corrected chi connectivity index (χ3v) is 5.30. The second-order valence-electron chi connectivity index (χ2n) is 7.33. The lowest BCUT2D eigenvalue weighted by molar-refractivity contribution is -0.115. The SMILES string of the molecule is O=C(Cc1ccc(N2CCOC2=O)cc1)Nc1n[nH]c2c1CN(C(=O)c1ccco1)C2. The molecule has 0 atom stereocenters. The highest BCUT2D eigenvalue weighted by molar-refractivity contribution is 5.94. The summed E-state index contributed by atoms with van der Waals surface area (Å²) >= 11 is 0. The summed E-state index contributed by atoms with van der Waals surface area (Å²) in [5.74, 6) is 0.257. The third-order valence-electron chi connectivity index (χ3n) is 5.30. The van der Waals surface area contributed by atoms with Crippen molar-refractivity contribution in [2.75, 3.05) is 23.4 Å². The van der Waals surface area contributed by atoms with Gasteiger partial charge in [0.1, 0.15) is 6.61 Å². The van der Waals surface area contributed by atoms with Crippen LogP contribution in [-0.2, 0) is 29.0 Å². The molecule has 3 aromatic rings. The van der Waals surface area contributed by atoms with Gasteiger partial charge in [-0.25, -0.2) is 4.79 Å². The van der Waals surface area contributed by atoms with Gasteiger partial charge in [0.15, 0.2) is 11.6 Å². The van der Waals surface area contributed by atoms with E-state index in [2.05, 4.69) is 15.5 Å². The van der Waals surface area contributed by atoms with Gasteiger partial charge in [0.2, 0.25) is 5.91 Å². The quantitative estimate of drug-likeness (QED) is 0.652. The lowest BCUT2D eigenvalue weighted by atomic mass is 10.1. The van der Waals surface area contributed by atoms with Crippen LogP contribution in [0.15, 0.2) is 47.1 Å². The van der Waals surface area contributed by atoms with Crippen LogP contribution in [0.4, 0.5) is 16.3 Å². The topological polar surface area (TPSA) is 121 Å². The maximum atomic E-state index is 12.5. The smallest absolute Gasteiger partial charge is 0.414 e. The Morgan fingerprint density at radius 1 is 1.16 bits per heavy atom. The lowest BCUT2D eigenvalue weighted by Gasteiger charge is -2.14. The van der Waals surface area contributed by atoms with E-state index in [1.165, 1.54) is 6.26 Å². The van der Waals surface area contributed by atoms with Crippen LogP contribution in [0.5, 0.6) is 0 Å². The predicted octanol–water partition coefficient (Wildman–Crippen LogP) is 2.30. The van der Waals surface area contributed by atoms with E-state index in [-0.39, 0.29) is 30.1 Å². The molecule has 5 rings (SSSR count). The molecule has 4 heterocycles. The Morgan fingerprint density at radius 3 is 2.71 bits per heavy atom. The molecule has 0 bridgehead atoms. The van der Waals surface area contributed by atoms with Gasteiger partial charge in [-0.3, -0.25) is 19.6 Å². The minimum atomic E-state index is -0.363. The number of nitrogens with one attached hydrogen (secondary N) is 2. The summed E-state index contributed by atoms with van der Waals surface area (Å²) in [7, 11) is 0. The molecule has 1 aromatic carbocycles. The van der Waals surface area contributed by atoms with E-state index < -0.39 is 0 Å². The largest absolute Gasteiger partial charge is 0.459 e. The summed E-state index contributed by atoms with van der Waals surface area (Å²) < 4.78 is 10.1. The molecule has 1 saturated heterocycles. The molecule has 0 spiro atoms. The van der Waals surface area contributed by atoms with Crippen LogP contribution < -0.4 is 10.2 Å². The van der Waals surface area contributed by atoms with Gasteiger partial charge < -0.3 is 19.4 Å². The number of ether oxygens (including phenoxy) is 1. The number of carbonyl (C=O) groups is 3. The lowest BCUT2D eigenvalue weighted by Crippen LogP contribution is -2.25. The fraction of sp³-hybridized carbons (Fsp3) is 0.238. The van der Waals surface area contributed by atoms with Crippen LogP contribution in [0.25, 0.3) is 0 Å². The summed E-state index contributed by atoms with van der Waals surface area (Å²) in [6, 6.07) is 10.5. The molecule has 2 N–H and O–H groups in total. The highest BCUT2D eigenvalue weighted by Crippen LogP contribution is 2.28. The van der Waals surface area contributed by atoms with Gasteiger partial charge in [0, 0.05) is 11.3 Å². The number of fused-ring (bicyclic) bond motifs is 1. The third kappa shape index (κ3) is 3.63. The first-order valence-electron chi connectivity index (χ1n) is 9.80. The highest BCUT2D eigenvalue weighted by Gasteiger charge is 2.30. The number of anilines is 2. The average molecular weight is 421 g/mol. The fourth-order valence-electron chi connectivity index (χ4n) is 3.73. The molecule has 0 aliphatic carbocycles. The van der Waals surface area contributed by atoms with Crippen molar-refractivity contribution in [2.45, 2.75) is 19.5 Å². The van der Waals surface area contributed by atoms with Crippen molar-refractivity contribution in [1.29, 1.82) is 0 Å². The van der Waals surface area contributed by atoms with E-state index in [1.54, 1.807) is 46.2 Å². The number of rotatable bonds is 5. The van der Waals surface area contributed by atoms with Gasteiger partial charge in [0.05, 0.1) is 38.0 Å². The number of nitrogens with zero attached hydrogens (tertiary/aromatic N) is 3. The van der Waals surface area contributed by atoms with E-state index in [4.69, 9.17) is 9.15 Å². The van der Waals surface area contributed by atoms with Crippen LogP contribution in [0.1, 0.15) is 27.4 Å². The minimum Gasteiger partial charge on any atom is -0.459 e. The number of cyclic esters (lactones) is 1. The van der Waals surface area contributed by atoms with Crippen molar-refractivity contribution in [3.05, 3.63) is 65.2 Å². The monoisotopic (exact) mass is 421 g/mol. The maximum absolute atomic E-state index is 12.5. The zero-order valence-corrected chi connectivity index (χ0v) is 16.5. The number of aromatic amines is 1. The Hall–Kier alpha value is -4.08. The molecule has 0 saturated carbocycles. The van der Waals surface area contributed by atoms with E-state index in [1.807, 2.05) is 0 Å². The van der Waals surface area contributed by atoms with E-state index >= 15 is 0 Å². The van der Waals surface area contributed by atoms with Crippen LogP contribution >= 0.6 is 0 Å².